The van der Waals surface area contributed by atoms with Gasteiger partial charge in [-0.3, -0.25) is 0 Å². The van der Waals surface area contributed by atoms with Crippen molar-refractivity contribution in [3.63, 3.8) is 0 Å². The number of aromatic nitrogens is 1. The Morgan fingerprint density at radius 3 is 2.67 bits per heavy atom. The molecule has 1 unspecified atom stereocenters. The van der Waals surface area contributed by atoms with Gasteiger partial charge in [0.25, 0.3) is 0 Å². The van der Waals surface area contributed by atoms with E-state index < -0.39 is 5.60 Å². The highest BCUT2D eigenvalue weighted by Gasteiger charge is 2.23. The van der Waals surface area contributed by atoms with E-state index in [-0.39, 0.29) is 24.0 Å². The molecule has 3 rings (SSSR count). The molecule has 1 aromatic carbocycles. The van der Waals surface area contributed by atoms with Crippen LogP contribution in [0.15, 0.2) is 52.2 Å². The lowest BCUT2D eigenvalue weighted by atomic mass is 9.99. The first kappa shape index (κ1) is 24.4. The van der Waals surface area contributed by atoms with Crippen LogP contribution >= 0.6 is 35.3 Å². The number of halogens is 1. The summed E-state index contributed by atoms with van der Waals surface area (Å²) in [7, 11) is 3.98. The highest BCUT2D eigenvalue weighted by molar-refractivity contribution is 14.0. The third-order valence-corrected chi connectivity index (χ3v) is 5.42. The number of pyridine rings is 1. The zero-order valence-corrected chi connectivity index (χ0v) is 21.0. The zero-order valence-electron chi connectivity index (χ0n) is 17.8. The van der Waals surface area contributed by atoms with Crippen molar-refractivity contribution in [1.82, 2.24) is 15.6 Å². The van der Waals surface area contributed by atoms with E-state index in [1.165, 1.54) is 0 Å². The van der Waals surface area contributed by atoms with Crippen molar-refractivity contribution in [1.29, 1.82) is 0 Å². The van der Waals surface area contributed by atoms with Gasteiger partial charge in [-0.2, -0.15) is 11.3 Å². The molecule has 8 heteroatoms. The average molecular weight is 539 g/mol. The minimum absolute atomic E-state index is 0. The maximum atomic E-state index is 10.8. The number of fused-ring (bicyclic) bond motifs is 1. The molecule has 0 amide bonds. The molecule has 0 saturated heterocycles. The number of nitrogens with zero attached hydrogens (tertiary/aromatic N) is 3. The van der Waals surface area contributed by atoms with Crippen molar-refractivity contribution in [2.24, 2.45) is 4.99 Å². The van der Waals surface area contributed by atoms with Gasteiger partial charge in [0.1, 0.15) is 11.4 Å². The Hall–Kier alpha value is -1.91. The summed E-state index contributed by atoms with van der Waals surface area (Å²) < 4.78 is 0. The second-order valence-corrected chi connectivity index (χ2v) is 8.17. The van der Waals surface area contributed by atoms with E-state index in [0.29, 0.717) is 19.0 Å². The minimum Gasteiger partial charge on any atom is -0.384 e. The number of guanidine groups is 1. The maximum absolute atomic E-state index is 10.8. The average Bonchev–Trinajstić information content (AvgIpc) is 3.25. The number of rotatable bonds is 7. The summed E-state index contributed by atoms with van der Waals surface area (Å²) >= 11 is 1.58. The predicted molar refractivity (Wildman–Crippen MR) is 138 cm³/mol. The van der Waals surface area contributed by atoms with Crippen LogP contribution in [0.5, 0.6) is 0 Å². The van der Waals surface area contributed by atoms with E-state index in [1.54, 1.807) is 11.3 Å². The van der Waals surface area contributed by atoms with Crippen LogP contribution in [0.4, 0.5) is 5.82 Å². The quantitative estimate of drug-likeness (QED) is 0.241. The number of aliphatic imine (C=N–C) groups is 1. The fourth-order valence-corrected chi connectivity index (χ4v) is 3.81. The van der Waals surface area contributed by atoms with Gasteiger partial charge in [0.15, 0.2) is 5.96 Å². The maximum Gasteiger partial charge on any atom is 0.191 e. The predicted octanol–water partition coefficient (Wildman–Crippen LogP) is 3.94. The topological polar surface area (TPSA) is 72.8 Å². The lowest BCUT2D eigenvalue weighted by molar-refractivity contribution is 0.0621. The Labute approximate surface area is 199 Å². The minimum atomic E-state index is -0.961. The summed E-state index contributed by atoms with van der Waals surface area (Å²) in [6.45, 7) is 5.47. The summed E-state index contributed by atoms with van der Waals surface area (Å²) in [6, 6.07) is 12.2. The summed E-state index contributed by atoms with van der Waals surface area (Å²) in [6.07, 6.45) is 0. The molecule has 0 saturated carbocycles. The van der Waals surface area contributed by atoms with Crippen LogP contribution in [0, 0.1) is 0 Å². The van der Waals surface area contributed by atoms with Crippen LogP contribution < -0.4 is 15.5 Å². The SMILES string of the molecule is CCNC(=NCc1cc(N(C)C)nc2ccccc12)NCC(C)(O)c1ccsc1.I. The third kappa shape index (κ3) is 6.05. The molecule has 0 radical (unpaired) electrons. The second-order valence-electron chi connectivity index (χ2n) is 7.39. The standard InChI is InChI=1S/C22H29N5OS.HI/c1-5-23-21(25-15-22(2,28)17-10-11-29-14-17)24-13-16-12-20(27(3)4)26-19-9-7-6-8-18(16)19;/h6-12,14,28H,5,13,15H2,1-4H3,(H2,23,24,25);1H. The number of nitrogens with one attached hydrogen (secondary N) is 2. The number of benzene rings is 1. The van der Waals surface area contributed by atoms with E-state index >= 15 is 0 Å². The number of para-hydroxylation sites is 1. The summed E-state index contributed by atoms with van der Waals surface area (Å²) in [5, 5.41) is 22.3. The van der Waals surface area contributed by atoms with Gasteiger partial charge in [0.05, 0.1) is 18.6 Å². The number of thiophene rings is 1. The first-order valence-corrected chi connectivity index (χ1v) is 10.7. The zero-order chi connectivity index (χ0) is 20.9. The fourth-order valence-electron chi connectivity index (χ4n) is 3.03. The van der Waals surface area contributed by atoms with Crippen LogP contribution in [0.25, 0.3) is 10.9 Å². The molecule has 0 spiro atoms. The monoisotopic (exact) mass is 539 g/mol. The smallest absolute Gasteiger partial charge is 0.191 e. The van der Waals surface area contributed by atoms with Crippen LogP contribution in [-0.4, -0.2) is 43.2 Å². The van der Waals surface area contributed by atoms with Crippen molar-refractivity contribution in [3.05, 3.63) is 58.3 Å². The molecule has 1 atom stereocenters. The number of aliphatic hydroxyl groups is 1. The molecule has 2 heterocycles. The molecule has 2 aromatic heterocycles. The van der Waals surface area contributed by atoms with E-state index in [4.69, 9.17) is 9.98 Å². The summed E-state index contributed by atoms with van der Waals surface area (Å²) in [5.41, 5.74) is 2.02. The number of hydrogen-bond donors (Lipinski definition) is 3. The number of hydrogen-bond acceptors (Lipinski definition) is 5. The molecule has 6 nitrogen and oxygen atoms in total. The van der Waals surface area contributed by atoms with Crippen LogP contribution in [0.3, 0.4) is 0 Å². The van der Waals surface area contributed by atoms with Gasteiger partial charge >= 0.3 is 0 Å². The van der Waals surface area contributed by atoms with Crippen molar-refractivity contribution in [2.45, 2.75) is 26.0 Å². The van der Waals surface area contributed by atoms with Crippen LogP contribution in [0.1, 0.15) is 25.0 Å². The highest BCUT2D eigenvalue weighted by Crippen LogP contribution is 2.23. The first-order chi connectivity index (χ1) is 13.9. The Kier molecular flexibility index (Phi) is 8.87. The Morgan fingerprint density at radius 2 is 2.00 bits per heavy atom. The highest BCUT2D eigenvalue weighted by atomic mass is 127. The van der Waals surface area contributed by atoms with E-state index in [9.17, 15) is 5.11 Å². The molecular formula is C22H30IN5OS. The molecule has 0 aliphatic rings. The molecule has 0 aliphatic heterocycles. The number of anilines is 1. The van der Waals surface area contributed by atoms with Gasteiger partial charge in [0.2, 0.25) is 0 Å². The van der Waals surface area contributed by atoms with Gasteiger partial charge in [-0.25, -0.2) is 9.98 Å². The molecule has 0 aliphatic carbocycles. The van der Waals surface area contributed by atoms with Gasteiger partial charge in [0, 0.05) is 26.0 Å². The normalized spacial score (nSPS) is 13.4. The van der Waals surface area contributed by atoms with Gasteiger partial charge < -0.3 is 20.6 Å². The third-order valence-electron chi connectivity index (χ3n) is 4.74. The lowest BCUT2D eigenvalue weighted by Crippen LogP contribution is -2.44. The van der Waals surface area contributed by atoms with Crippen molar-refractivity contribution < 1.29 is 5.11 Å². The fraction of sp³-hybridized carbons (Fsp3) is 0.364. The van der Waals surface area contributed by atoms with Gasteiger partial charge in [-0.15, -0.1) is 24.0 Å². The van der Waals surface area contributed by atoms with E-state index in [1.807, 2.05) is 67.9 Å². The van der Waals surface area contributed by atoms with Crippen LogP contribution in [0.2, 0.25) is 0 Å². The van der Waals surface area contributed by atoms with Crippen LogP contribution in [-0.2, 0) is 12.1 Å². The molecule has 3 aromatic rings. The second kappa shape index (κ2) is 10.9. The lowest BCUT2D eigenvalue weighted by Gasteiger charge is -2.24. The van der Waals surface area contributed by atoms with Gasteiger partial charge in [-0.05, 0) is 53.9 Å². The summed E-state index contributed by atoms with van der Waals surface area (Å²) in [4.78, 5) is 11.5. The Bertz CT molecular complexity index is 973. The van der Waals surface area contributed by atoms with Gasteiger partial charge in [-0.1, -0.05) is 18.2 Å². The van der Waals surface area contributed by atoms with E-state index in [2.05, 4.69) is 22.8 Å². The first-order valence-electron chi connectivity index (χ1n) is 9.74. The Morgan fingerprint density at radius 1 is 1.23 bits per heavy atom. The van der Waals surface area contributed by atoms with Crippen molar-refractivity contribution in [3.8, 4) is 0 Å². The molecule has 0 fully saturated rings. The Balaban J connectivity index is 0.00000320. The van der Waals surface area contributed by atoms with Crippen molar-refractivity contribution in [2.75, 3.05) is 32.1 Å². The summed E-state index contributed by atoms with van der Waals surface area (Å²) in [5.74, 6) is 1.59. The molecular weight excluding hydrogens is 509 g/mol. The molecule has 3 N–H and O–H groups in total. The van der Waals surface area contributed by atoms with Crippen molar-refractivity contribution >= 4 is 58.0 Å². The molecule has 0 bridgehead atoms. The van der Waals surface area contributed by atoms with E-state index in [0.717, 1.165) is 34.4 Å². The largest absolute Gasteiger partial charge is 0.384 e. The molecule has 162 valence electrons. The molecule has 30 heavy (non-hydrogen) atoms.